The number of ether oxygens (including phenoxy) is 2. The largest absolute Gasteiger partial charge is 0.481 e. The van der Waals surface area contributed by atoms with Gasteiger partial charge in [-0.05, 0) is 111 Å². The number of carboxylic acid groups (broad SMARTS) is 2. The van der Waals surface area contributed by atoms with Crippen molar-refractivity contribution in [2.45, 2.75) is 143 Å². The number of aliphatic carboxylic acids is 2. The van der Waals surface area contributed by atoms with Crippen LogP contribution in [0.15, 0.2) is 11.6 Å². The zero-order valence-corrected chi connectivity index (χ0v) is 28.2. The molecular weight excluding hydrogens is 576 g/mol. The summed E-state index contributed by atoms with van der Waals surface area (Å²) < 4.78 is 12.3. The van der Waals surface area contributed by atoms with Crippen molar-refractivity contribution in [1.82, 2.24) is 0 Å². The Hall–Kier alpha value is -1.52. The van der Waals surface area contributed by atoms with Crippen LogP contribution in [0, 0.1) is 56.7 Å². The summed E-state index contributed by atoms with van der Waals surface area (Å²) in [7, 11) is 0. The Morgan fingerprint density at radius 3 is 2.16 bits per heavy atom. The van der Waals surface area contributed by atoms with E-state index in [-0.39, 0.29) is 40.6 Å². The van der Waals surface area contributed by atoms with E-state index in [1.165, 1.54) is 0 Å². The van der Waals surface area contributed by atoms with Crippen LogP contribution in [0.1, 0.15) is 106 Å². The average molecular weight is 633 g/mol. The molecule has 6 aliphatic rings. The number of allylic oxidation sites excluding steroid dienone is 1. The van der Waals surface area contributed by atoms with Gasteiger partial charge in [0.1, 0.15) is 18.3 Å². The molecule has 15 atom stereocenters. The second-order valence-corrected chi connectivity index (χ2v) is 17.2. The fraction of sp³-hybridized carbons (Fsp3) is 0.889. The van der Waals surface area contributed by atoms with E-state index < -0.39 is 58.9 Å². The van der Waals surface area contributed by atoms with Crippen LogP contribution in [0.3, 0.4) is 0 Å². The van der Waals surface area contributed by atoms with E-state index in [0.717, 1.165) is 37.7 Å². The van der Waals surface area contributed by atoms with Gasteiger partial charge < -0.3 is 35.0 Å². The van der Waals surface area contributed by atoms with Crippen molar-refractivity contribution in [3.05, 3.63) is 11.6 Å². The predicted molar refractivity (Wildman–Crippen MR) is 166 cm³/mol. The molecule has 6 rings (SSSR count). The van der Waals surface area contributed by atoms with E-state index in [1.807, 2.05) is 0 Å². The van der Waals surface area contributed by atoms with Crippen LogP contribution in [-0.2, 0) is 19.1 Å². The summed E-state index contributed by atoms with van der Waals surface area (Å²) in [6.45, 7) is 15.0. The molecule has 9 heteroatoms. The van der Waals surface area contributed by atoms with Gasteiger partial charge in [0, 0.05) is 0 Å². The SMILES string of the molecule is C[C@H]1[C@H](C)CC[C@]2(C(=O)O)CC[C@]3(C(=O)O)C(=CC[C@@H]4[C@@]5(C)CC[C@H](O[C@@H]6O[C@@H](C)[C@H](O)[C@@H](O)[C@H]6O)C(C)(C)C5CC[C@]43C)[C@H]12. The summed E-state index contributed by atoms with van der Waals surface area (Å²) in [5.74, 6) is -1.08. The minimum absolute atomic E-state index is 0.0958. The van der Waals surface area contributed by atoms with E-state index in [0.29, 0.717) is 31.6 Å². The van der Waals surface area contributed by atoms with Crippen LogP contribution in [0.4, 0.5) is 0 Å². The maximum Gasteiger partial charge on any atom is 0.314 e. The fourth-order valence-electron chi connectivity index (χ4n) is 12.5. The van der Waals surface area contributed by atoms with Crippen LogP contribution in [-0.4, -0.2) is 74.3 Å². The van der Waals surface area contributed by atoms with Crippen molar-refractivity contribution >= 4 is 11.9 Å². The minimum Gasteiger partial charge on any atom is -0.481 e. The van der Waals surface area contributed by atoms with Crippen molar-refractivity contribution in [3.63, 3.8) is 0 Å². The van der Waals surface area contributed by atoms with Crippen molar-refractivity contribution in [3.8, 4) is 0 Å². The highest BCUT2D eigenvalue weighted by molar-refractivity contribution is 5.84. The second kappa shape index (κ2) is 10.7. The minimum atomic E-state index is -1.36. The molecule has 5 N–H and O–H groups in total. The first-order valence-corrected chi connectivity index (χ1v) is 17.4. The lowest BCUT2D eigenvalue weighted by Crippen LogP contribution is -2.68. The monoisotopic (exact) mass is 632 g/mol. The Kier molecular flexibility index (Phi) is 7.97. The first kappa shape index (κ1) is 33.4. The number of aliphatic hydroxyl groups is 3. The summed E-state index contributed by atoms with van der Waals surface area (Å²) in [6, 6.07) is 0. The van der Waals surface area contributed by atoms with Crippen LogP contribution < -0.4 is 0 Å². The Morgan fingerprint density at radius 1 is 0.822 bits per heavy atom. The maximum atomic E-state index is 13.8. The summed E-state index contributed by atoms with van der Waals surface area (Å²) in [4.78, 5) is 26.8. The molecule has 1 saturated heterocycles. The number of hydrogen-bond acceptors (Lipinski definition) is 7. The molecular formula is C36H56O9. The number of carbonyl (C=O) groups is 2. The lowest BCUT2D eigenvalue weighted by Gasteiger charge is -2.70. The van der Waals surface area contributed by atoms with Gasteiger partial charge in [0.2, 0.25) is 0 Å². The molecule has 45 heavy (non-hydrogen) atoms. The van der Waals surface area contributed by atoms with Crippen molar-refractivity contribution in [1.29, 1.82) is 0 Å². The summed E-state index contributed by atoms with van der Waals surface area (Å²) >= 11 is 0. The molecule has 1 aliphatic heterocycles. The summed E-state index contributed by atoms with van der Waals surface area (Å²) in [5.41, 5.74) is -2.13. The number of aliphatic hydroxyl groups excluding tert-OH is 3. The molecule has 0 amide bonds. The summed E-state index contributed by atoms with van der Waals surface area (Å²) in [5, 5.41) is 53.2. The quantitative estimate of drug-likeness (QED) is 0.213. The third-order valence-corrected chi connectivity index (χ3v) is 15.3. The molecule has 1 heterocycles. The predicted octanol–water partition coefficient (Wildman–Crippen LogP) is 5.01. The zero-order valence-electron chi connectivity index (χ0n) is 28.2. The van der Waals surface area contributed by atoms with E-state index >= 15 is 0 Å². The molecule has 0 aromatic rings. The Morgan fingerprint density at radius 2 is 1.51 bits per heavy atom. The van der Waals surface area contributed by atoms with Crippen molar-refractivity contribution in [2.75, 3.05) is 0 Å². The Bertz CT molecular complexity index is 1250. The normalized spacial score (nSPS) is 54.0. The van der Waals surface area contributed by atoms with E-state index in [1.54, 1.807) is 6.92 Å². The van der Waals surface area contributed by atoms with E-state index in [2.05, 4.69) is 47.6 Å². The van der Waals surface area contributed by atoms with Crippen LogP contribution in [0.5, 0.6) is 0 Å². The molecule has 0 spiro atoms. The maximum absolute atomic E-state index is 13.8. The first-order valence-electron chi connectivity index (χ1n) is 17.4. The van der Waals surface area contributed by atoms with Gasteiger partial charge >= 0.3 is 11.9 Å². The highest BCUT2D eigenvalue weighted by Crippen LogP contribution is 2.76. The van der Waals surface area contributed by atoms with Crippen LogP contribution >= 0.6 is 0 Å². The average Bonchev–Trinajstić information content (AvgIpc) is 2.97. The zero-order chi connectivity index (χ0) is 33.1. The molecule has 9 nitrogen and oxygen atoms in total. The fourth-order valence-corrected chi connectivity index (χ4v) is 12.5. The highest BCUT2D eigenvalue weighted by atomic mass is 16.7. The highest BCUT2D eigenvalue weighted by Gasteiger charge is 2.73. The molecule has 254 valence electrons. The van der Waals surface area contributed by atoms with E-state index in [4.69, 9.17) is 9.47 Å². The van der Waals surface area contributed by atoms with Gasteiger partial charge in [0.15, 0.2) is 6.29 Å². The standard InChI is InChI=1S/C36H56O9/c1-18-10-15-35(30(40)41)16-17-36(31(42)43)21(25(35)19(18)2)8-9-23-33(6)13-12-24(32(4,5)22(33)11-14-34(23,36)7)45-29-28(39)27(38)26(37)20(3)44-29/h8,18-20,22-29,37-39H,9-17H2,1-7H3,(H,40,41)(H,42,43)/t18-,19+,20+,22?,23-,24+,25+,26+,27-,28-,29+,33+,34-,35+,36-/m1/s1. The Labute approximate surface area is 267 Å². The number of hydrogen-bond donors (Lipinski definition) is 5. The molecule has 0 aromatic carbocycles. The van der Waals surface area contributed by atoms with Gasteiger partial charge in [0.25, 0.3) is 0 Å². The second-order valence-electron chi connectivity index (χ2n) is 17.2. The number of carboxylic acids is 2. The molecule has 1 unspecified atom stereocenters. The lowest BCUT2D eigenvalue weighted by molar-refractivity contribution is -0.324. The van der Waals surface area contributed by atoms with Gasteiger partial charge in [-0.1, -0.05) is 53.2 Å². The molecule has 5 fully saturated rings. The van der Waals surface area contributed by atoms with Gasteiger partial charge in [-0.15, -0.1) is 0 Å². The van der Waals surface area contributed by atoms with Crippen LogP contribution in [0.2, 0.25) is 0 Å². The molecule has 0 aromatic heterocycles. The Balaban J connectivity index is 1.35. The van der Waals surface area contributed by atoms with Gasteiger partial charge in [0.05, 0.1) is 23.0 Å². The first-order chi connectivity index (χ1) is 20.9. The van der Waals surface area contributed by atoms with Crippen molar-refractivity contribution < 1.29 is 44.6 Å². The summed E-state index contributed by atoms with van der Waals surface area (Å²) in [6.07, 6.45) is 2.36. The molecule has 0 radical (unpaired) electrons. The van der Waals surface area contributed by atoms with Gasteiger partial charge in [-0.2, -0.15) is 0 Å². The molecule has 0 bridgehead atoms. The molecule has 4 saturated carbocycles. The van der Waals surface area contributed by atoms with Gasteiger partial charge in [-0.3, -0.25) is 9.59 Å². The lowest BCUT2D eigenvalue weighted by atomic mass is 9.33. The number of rotatable bonds is 4. The third-order valence-electron chi connectivity index (χ3n) is 15.3. The third kappa shape index (κ3) is 4.28. The van der Waals surface area contributed by atoms with Crippen LogP contribution in [0.25, 0.3) is 0 Å². The smallest absolute Gasteiger partial charge is 0.314 e. The number of fused-ring (bicyclic) bond motifs is 7. The van der Waals surface area contributed by atoms with E-state index in [9.17, 15) is 35.1 Å². The molecule has 5 aliphatic carbocycles. The topological polar surface area (TPSA) is 154 Å². The van der Waals surface area contributed by atoms with Gasteiger partial charge in [-0.25, -0.2) is 0 Å². The van der Waals surface area contributed by atoms with Crippen molar-refractivity contribution in [2.24, 2.45) is 56.7 Å².